The van der Waals surface area contributed by atoms with E-state index >= 15 is 0 Å². The number of esters is 1. The van der Waals surface area contributed by atoms with Gasteiger partial charge in [0, 0.05) is 13.0 Å². The van der Waals surface area contributed by atoms with Crippen molar-refractivity contribution in [2.24, 2.45) is 0 Å². The predicted molar refractivity (Wildman–Crippen MR) is 94.7 cm³/mol. The van der Waals surface area contributed by atoms with Gasteiger partial charge in [-0.05, 0) is 25.0 Å². The van der Waals surface area contributed by atoms with Crippen molar-refractivity contribution in [1.29, 1.82) is 0 Å². The Morgan fingerprint density at radius 1 is 1.29 bits per heavy atom. The Hall–Kier alpha value is -2.47. The highest BCUT2D eigenvalue weighted by molar-refractivity contribution is 7.20. The smallest absolute Gasteiger partial charge is 0.348 e. The second kappa shape index (κ2) is 6.97. The molecule has 24 heavy (non-hydrogen) atoms. The molecule has 0 unspecified atom stereocenters. The van der Waals surface area contributed by atoms with Crippen molar-refractivity contribution in [2.45, 2.75) is 26.8 Å². The van der Waals surface area contributed by atoms with Crippen LogP contribution in [0.25, 0.3) is 10.2 Å². The normalized spacial score (nSPS) is 10.9. The highest BCUT2D eigenvalue weighted by Crippen LogP contribution is 2.27. The van der Waals surface area contributed by atoms with Crippen LogP contribution in [0.4, 0.5) is 0 Å². The van der Waals surface area contributed by atoms with Crippen LogP contribution in [0.5, 0.6) is 0 Å². The van der Waals surface area contributed by atoms with E-state index in [0.29, 0.717) is 40.2 Å². The second-order valence-electron chi connectivity index (χ2n) is 5.44. The molecule has 3 rings (SSSR count). The molecule has 0 amide bonds. The Bertz CT molecular complexity index is 929. The number of aromatic nitrogens is 2. The minimum absolute atomic E-state index is 0.111. The zero-order valence-corrected chi connectivity index (χ0v) is 14.4. The highest BCUT2D eigenvalue weighted by atomic mass is 32.1. The molecule has 0 fully saturated rings. The molecule has 0 aliphatic carbocycles. The number of carbonyl (C=O) groups excluding carboxylic acids is 1. The number of hydrogen-bond donors (Lipinski definition) is 0. The molecular formula is C18H18N2O3S. The fourth-order valence-corrected chi connectivity index (χ4v) is 3.58. The molecule has 6 heteroatoms. The lowest BCUT2D eigenvalue weighted by Crippen LogP contribution is -2.19. The van der Waals surface area contributed by atoms with Gasteiger partial charge in [-0.25, -0.2) is 9.78 Å². The lowest BCUT2D eigenvalue weighted by Gasteiger charge is -2.04. The van der Waals surface area contributed by atoms with Crippen molar-refractivity contribution in [1.82, 2.24) is 9.55 Å². The largest absolute Gasteiger partial charge is 0.461 e. The molecule has 0 bridgehead atoms. The summed E-state index contributed by atoms with van der Waals surface area (Å²) in [4.78, 5) is 30.0. The molecule has 0 aliphatic rings. The van der Waals surface area contributed by atoms with E-state index in [2.05, 4.69) is 4.98 Å². The number of nitrogens with zero attached hydrogens (tertiary/aromatic N) is 2. The molecule has 0 spiro atoms. The van der Waals surface area contributed by atoms with Crippen LogP contribution in [-0.2, 0) is 17.7 Å². The van der Waals surface area contributed by atoms with Gasteiger partial charge in [-0.15, -0.1) is 11.3 Å². The lowest BCUT2D eigenvalue weighted by molar-refractivity contribution is 0.0514. The van der Waals surface area contributed by atoms with Gasteiger partial charge in [-0.2, -0.15) is 0 Å². The molecule has 0 N–H and O–H groups in total. The van der Waals surface area contributed by atoms with Crippen LogP contribution in [0.1, 0.15) is 27.7 Å². The minimum atomic E-state index is -0.395. The van der Waals surface area contributed by atoms with Gasteiger partial charge in [0.1, 0.15) is 9.71 Å². The van der Waals surface area contributed by atoms with Crippen LogP contribution in [0.15, 0.2) is 41.5 Å². The van der Waals surface area contributed by atoms with Gasteiger partial charge in [0.05, 0.1) is 18.3 Å². The monoisotopic (exact) mass is 342 g/mol. The predicted octanol–water partition coefficient (Wildman–Crippen LogP) is 3.19. The van der Waals surface area contributed by atoms with E-state index in [0.717, 1.165) is 5.56 Å². The summed E-state index contributed by atoms with van der Waals surface area (Å²) >= 11 is 1.21. The zero-order chi connectivity index (χ0) is 17.1. The van der Waals surface area contributed by atoms with E-state index in [1.54, 1.807) is 6.92 Å². The number of thiophene rings is 1. The average molecular weight is 342 g/mol. The summed E-state index contributed by atoms with van der Waals surface area (Å²) in [5.74, 6) is -0.395. The summed E-state index contributed by atoms with van der Waals surface area (Å²) in [6, 6.07) is 9.85. The average Bonchev–Trinajstić information content (AvgIpc) is 2.94. The van der Waals surface area contributed by atoms with E-state index in [1.807, 2.05) is 37.3 Å². The number of aryl methyl sites for hydroxylation is 2. The van der Waals surface area contributed by atoms with E-state index < -0.39 is 5.97 Å². The van der Waals surface area contributed by atoms with E-state index in [1.165, 1.54) is 22.2 Å². The van der Waals surface area contributed by atoms with Crippen molar-refractivity contribution in [2.75, 3.05) is 6.61 Å². The third kappa shape index (κ3) is 3.10. The Kier molecular flexibility index (Phi) is 4.76. The van der Waals surface area contributed by atoms with E-state index in [4.69, 9.17) is 4.74 Å². The van der Waals surface area contributed by atoms with Crippen molar-refractivity contribution >= 4 is 27.5 Å². The van der Waals surface area contributed by atoms with Crippen LogP contribution in [0, 0.1) is 6.92 Å². The van der Waals surface area contributed by atoms with E-state index in [-0.39, 0.29) is 5.56 Å². The molecule has 0 saturated heterocycles. The van der Waals surface area contributed by atoms with Crippen molar-refractivity contribution in [3.63, 3.8) is 0 Å². The number of carbonyl (C=O) groups is 1. The molecule has 124 valence electrons. The third-order valence-electron chi connectivity index (χ3n) is 3.91. The summed E-state index contributed by atoms with van der Waals surface area (Å²) in [5.41, 5.74) is 1.66. The first-order chi connectivity index (χ1) is 11.6. The van der Waals surface area contributed by atoms with Crippen LogP contribution >= 0.6 is 11.3 Å². The van der Waals surface area contributed by atoms with Crippen molar-refractivity contribution in [3.05, 3.63) is 63.0 Å². The van der Waals surface area contributed by atoms with Crippen LogP contribution in [0.3, 0.4) is 0 Å². The Labute approximate surface area is 143 Å². The minimum Gasteiger partial charge on any atom is -0.461 e. The first-order valence-electron chi connectivity index (χ1n) is 7.81. The maximum atomic E-state index is 12.4. The third-order valence-corrected chi connectivity index (χ3v) is 5.09. The van der Waals surface area contributed by atoms with Gasteiger partial charge in [0.2, 0.25) is 0 Å². The molecule has 5 nitrogen and oxygen atoms in total. The second-order valence-corrected chi connectivity index (χ2v) is 6.44. The zero-order valence-electron chi connectivity index (χ0n) is 13.6. The molecule has 1 aromatic carbocycles. The standard InChI is InChI=1S/C18H18N2O3S/c1-3-20-11-19-16-14(17(20)21)12(2)15(24-16)18(22)23-10-9-13-7-5-4-6-8-13/h4-8,11H,3,9-10H2,1-2H3. The first-order valence-corrected chi connectivity index (χ1v) is 8.63. The highest BCUT2D eigenvalue weighted by Gasteiger charge is 2.20. The van der Waals surface area contributed by atoms with Crippen LogP contribution in [0.2, 0.25) is 0 Å². The molecule has 0 saturated carbocycles. The molecule has 3 aromatic rings. The van der Waals surface area contributed by atoms with Gasteiger partial charge in [-0.3, -0.25) is 9.36 Å². The summed E-state index contributed by atoms with van der Waals surface area (Å²) in [7, 11) is 0. The molecule has 2 heterocycles. The van der Waals surface area contributed by atoms with Crippen LogP contribution in [-0.4, -0.2) is 22.1 Å². The first kappa shape index (κ1) is 16.4. The van der Waals surface area contributed by atoms with Gasteiger partial charge in [0.25, 0.3) is 5.56 Å². The molecule has 0 radical (unpaired) electrons. The van der Waals surface area contributed by atoms with Gasteiger partial charge < -0.3 is 4.74 Å². The summed E-state index contributed by atoms with van der Waals surface area (Å²) in [6.07, 6.45) is 2.18. The summed E-state index contributed by atoms with van der Waals surface area (Å²) in [5, 5.41) is 0.513. The van der Waals surface area contributed by atoms with E-state index in [9.17, 15) is 9.59 Å². The molecule has 0 atom stereocenters. The maximum absolute atomic E-state index is 12.4. The Balaban J connectivity index is 1.79. The van der Waals surface area contributed by atoms with Gasteiger partial charge in [0.15, 0.2) is 0 Å². The fraction of sp³-hybridized carbons (Fsp3) is 0.278. The number of ether oxygens (including phenoxy) is 1. The maximum Gasteiger partial charge on any atom is 0.348 e. The lowest BCUT2D eigenvalue weighted by atomic mass is 10.2. The fourth-order valence-electron chi connectivity index (χ4n) is 2.55. The quantitative estimate of drug-likeness (QED) is 0.668. The number of fused-ring (bicyclic) bond motifs is 1. The molecule has 0 aliphatic heterocycles. The number of benzene rings is 1. The van der Waals surface area contributed by atoms with Crippen LogP contribution < -0.4 is 5.56 Å². The molecular weight excluding hydrogens is 324 g/mol. The molecule has 2 aromatic heterocycles. The number of hydrogen-bond acceptors (Lipinski definition) is 5. The van der Waals surface area contributed by atoms with Gasteiger partial charge in [-0.1, -0.05) is 30.3 Å². The summed E-state index contributed by atoms with van der Waals surface area (Å²) < 4.78 is 6.91. The topological polar surface area (TPSA) is 61.2 Å². The van der Waals surface area contributed by atoms with Gasteiger partial charge >= 0.3 is 5.97 Å². The SMILES string of the molecule is CCn1cnc2sc(C(=O)OCCc3ccccc3)c(C)c2c1=O. The Morgan fingerprint density at radius 3 is 2.75 bits per heavy atom. The van der Waals surface area contributed by atoms with Crippen molar-refractivity contribution in [3.8, 4) is 0 Å². The summed E-state index contributed by atoms with van der Waals surface area (Å²) in [6.45, 7) is 4.52. The van der Waals surface area contributed by atoms with Crippen molar-refractivity contribution < 1.29 is 9.53 Å². The Morgan fingerprint density at radius 2 is 2.04 bits per heavy atom. The number of rotatable bonds is 5.